The highest BCUT2D eigenvalue weighted by molar-refractivity contribution is 5.79. The van der Waals surface area contributed by atoms with Gasteiger partial charge in [-0.2, -0.15) is 0 Å². The third-order valence-corrected chi connectivity index (χ3v) is 4.03. The van der Waals surface area contributed by atoms with Crippen molar-refractivity contribution in [2.75, 3.05) is 26.2 Å². The van der Waals surface area contributed by atoms with E-state index in [1.807, 2.05) is 18.7 Å². The van der Waals surface area contributed by atoms with Gasteiger partial charge in [0.2, 0.25) is 11.8 Å². The van der Waals surface area contributed by atoms with E-state index < -0.39 is 0 Å². The summed E-state index contributed by atoms with van der Waals surface area (Å²) >= 11 is 0. The minimum atomic E-state index is -0.323. The number of carbonyl (C=O) groups excluding carboxylic acids is 2. The first-order chi connectivity index (χ1) is 11.0. The molecule has 0 spiro atoms. The maximum Gasteiger partial charge on any atom is 0.227 e. The first-order valence-corrected chi connectivity index (χ1v) is 8.25. The second kappa shape index (κ2) is 8.09. The molecule has 1 aliphatic rings. The second-order valence-electron chi connectivity index (χ2n) is 6.52. The number of halogens is 1. The molecule has 23 heavy (non-hydrogen) atoms. The number of rotatable bonds is 4. The Kier molecular flexibility index (Phi) is 6.13. The summed E-state index contributed by atoms with van der Waals surface area (Å²) in [6.45, 7) is 6.56. The van der Waals surface area contributed by atoms with Gasteiger partial charge in [-0.05, 0) is 30.0 Å². The average Bonchev–Trinajstić information content (AvgIpc) is 2.72. The van der Waals surface area contributed by atoms with Crippen LogP contribution in [0.2, 0.25) is 0 Å². The highest BCUT2D eigenvalue weighted by Crippen LogP contribution is 2.11. The second-order valence-corrected chi connectivity index (χ2v) is 6.52. The fourth-order valence-electron chi connectivity index (χ4n) is 2.83. The molecule has 0 N–H and O–H groups in total. The predicted octanol–water partition coefficient (Wildman–Crippen LogP) is 2.48. The van der Waals surface area contributed by atoms with Crippen molar-refractivity contribution < 1.29 is 14.0 Å². The summed E-state index contributed by atoms with van der Waals surface area (Å²) in [6.07, 6.45) is 1.55. The van der Waals surface area contributed by atoms with Crippen molar-refractivity contribution in [3.05, 3.63) is 35.6 Å². The first kappa shape index (κ1) is 17.4. The summed E-state index contributed by atoms with van der Waals surface area (Å²) in [4.78, 5) is 28.2. The number of carbonyl (C=O) groups is 2. The molecular formula is C18H25FN2O2. The predicted molar refractivity (Wildman–Crippen MR) is 87.3 cm³/mol. The molecule has 0 atom stereocenters. The molecule has 1 aliphatic heterocycles. The Bertz CT molecular complexity index is 560. The molecule has 0 unspecified atom stereocenters. The van der Waals surface area contributed by atoms with Crippen molar-refractivity contribution in [3.63, 3.8) is 0 Å². The van der Waals surface area contributed by atoms with Crippen molar-refractivity contribution in [1.82, 2.24) is 9.80 Å². The fourth-order valence-corrected chi connectivity index (χ4v) is 2.83. The smallest absolute Gasteiger partial charge is 0.227 e. The summed E-state index contributed by atoms with van der Waals surface area (Å²) in [5.41, 5.74) is 0.687. The quantitative estimate of drug-likeness (QED) is 0.855. The van der Waals surface area contributed by atoms with Crippen LogP contribution < -0.4 is 0 Å². The highest BCUT2D eigenvalue weighted by atomic mass is 19.1. The number of hydrogen-bond acceptors (Lipinski definition) is 2. The van der Waals surface area contributed by atoms with Gasteiger partial charge in [0.25, 0.3) is 0 Å². The zero-order valence-corrected chi connectivity index (χ0v) is 13.9. The molecule has 0 bridgehead atoms. The van der Waals surface area contributed by atoms with E-state index in [1.54, 1.807) is 17.0 Å². The van der Waals surface area contributed by atoms with E-state index in [1.165, 1.54) is 12.1 Å². The molecule has 1 saturated heterocycles. The van der Waals surface area contributed by atoms with Gasteiger partial charge in [-0.3, -0.25) is 9.59 Å². The third kappa shape index (κ3) is 5.34. The largest absolute Gasteiger partial charge is 0.341 e. The summed E-state index contributed by atoms with van der Waals surface area (Å²) in [7, 11) is 0. The van der Waals surface area contributed by atoms with Crippen molar-refractivity contribution >= 4 is 11.8 Å². The van der Waals surface area contributed by atoms with Crippen molar-refractivity contribution in [1.29, 1.82) is 0 Å². The molecule has 0 radical (unpaired) electrons. The van der Waals surface area contributed by atoms with Crippen LogP contribution in [-0.4, -0.2) is 47.8 Å². The Balaban J connectivity index is 1.89. The lowest BCUT2D eigenvalue weighted by molar-refractivity contribution is -0.133. The molecule has 2 rings (SSSR count). The number of nitrogens with zero attached hydrogens (tertiary/aromatic N) is 2. The van der Waals surface area contributed by atoms with Crippen molar-refractivity contribution in [2.24, 2.45) is 5.92 Å². The van der Waals surface area contributed by atoms with Gasteiger partial charge >= 0.3 is 0 Å². The zero-order valence-electron chi connectivity index (χ0n) is 13.9. The number of amides is 2. The molecule has 4 nitrogen and oxygen atoms in total. The van der Waals surface area contributed by atoms with E-state index in [-0.39, 0.29) is 24.1 Å². The molecule has 1 heterocycles. The van der Waals surface area contributed by atoms with Crippen molar-refractivity contribution in [3.8, 4) is 0 Å². The normalized spacial score (nSPS) is 15.7. The van der Waals surface area contributed by atoms with Crippen LogP contribution >= 0.6 is 0 Å². The van der Waals surface area contributed by atoms with Gasteiger partial charge < -0.3 is 9.80 Å². The van der Waals surface area contributed by atoms with E-state index in [2.05, 4.69) is 0 Å². The molecule has 0 aliphatic carbocycles. The van der Waals surface area contributed by atoms with Gasteiger partial charge in [0.15, 0.2) is 0 Å². The van der Waals surface area contributed by atoms with E-state index in [0.717, 1.165) is 6.42 Å². The van der Waals surface area contributed by atoms with Gasteiger partial charge in [0.05, 0.1) is 6.42 Å². The lowest BCUT2D eigenvalue weighted by Gasteiger charge is -2.23. The Labute approximate surface area is 137 Å². The van der Waals surface area contributed by atoms with Gasteiger partial charge in [0.1, 0.15) is 5.82 Å². The molecule has 2 amide bonds. The minimum Gasteiger partial charge on any atom is -0.341 e. The fraction of sp³-hybridized carbons (Fsp3) is 0.556. The van der Waals surface area contributed by atoms with E-state index in [9.17, 15) is 14.0 Å². The Hall–Kier alpha value is -1.91. The van der Waals surface area contributed by atoms with Gasteiger partial charge in [0, 0.05) is 32.6 Å². The molecular weight excluding hydrogens is 295 g/mol. The number of benzene rings is 1. The SMILES string of the molecule is CC(C)CC(=O)N1CCCN(C(=O)Cc2cccc(F)c2)CC1. The van der Waals surface area contributed by atoms with E-state index in [0.29, 0.717) is 44.1 Å². The first-order valence-electron chi connectivity index (χ1n) is 8.25. The maximum absolute atomic E-state index is 13.2. The van der Waals surface area contributed by atoms with Crippen LogP contribution in [0.4, 0.5) is 4.39 Å². The Morgan fingerprint density at radius 1 is 1.09 bits per heavy atom. The van der Waals surface area contributed by atoms with Crippen LogP contribution in [-0.2, 0) is 16.0 Å². The zero-order chi connectivity index (χ0) is 16.8. The van der Waals surface area contributed by atoms with Gasteiger partial charge in [-0.1, -0.05) is 26.0 Å². The molecule has 1 fully saturated rings. The average molecular weight is 320 g/mol. The van der Waals surface area contributed by atoms with Crippen LogP contribution in [0.5, 0.6) is 0 Å². The summed E-state index contributed by atoms with van der Waals surface area (Å²) in [5.74, 6) is 0.182. The van der Waals surface area contributed by atoms with Gasteiger partial charge in [-0.25, -0.2) is 4.39 Å². The van der Waals surface area contributed by atoms with Gasteiger partial charge in [-0.15, -0.1) is 0 Å². The van der Waals surface area contributed by atoms with E-state index in [4.69, 9.17) is 0 Å². The number of hydrogen-bond donors (Lipinski definition) is 0. The molecule has 5 heteroatoms. The van der Waals surface area contributed by atoms with Crippen molar-refractivity contribution in [2.45, 2.75) is 33.1 Å². The van der Waals surface area contributed by atoms with Crippen LogP contribution in [0.15, 0.2) is 24.3 Å². The summed E-state index contributed by atoms with van der Waals surface area (Å²) in [6, 6.07) is 6.15. The van der Waals surface area contributed by atoms with Crippen LogP contribution in [0, 0.1) is 11.7 Å². The maximum atomic E-state index is 13.2. The molecule has 0 saturated carbocycles. The van der Waals surface area contributed by atoms with Crippen LogP contribution in [0.1, 0.15) is 32.3 Å². The minimum absolute atomic E-state index is 0.00578. The van der Waals surface area contributed by atoms with E-state index >= 15 is 0 Å². The van der Waals surface area contributed by atoms with Crippen LogP contribution in [0.3, 0.4) is 0 Å². The third-order valence-electron chi connectivity index (χ3n) is 4.03. The summed E-state index contributed by atoms with van der Waals surface area (Å²) in [5, 5.41) is 0. The Morgan fingerprint density at radius 3 is 2.35 bits per heavy atom. The molecule has 0 aromatic heterocycles. The highest BCUT2D eigenvalue weighted by Gasteiger charge is 2.22. The molecule has 1 aromatic carbocycles. The topological polar surface area (TPSA) is 40.6 Å². The lowest BCUT2D eigenvalue weighted by Crippen LogP contribution is -2.38. The lowest BCUT2D eigenvalue weighted by atomic mass is 10.1. The molecule has 126 valence electrons. The van der Waals surface area contributed by atoms with Crippen LogP contribution in [0.25, 0.3) is 0 Å². The monoisotopic (exact) mass is 320 g/mol. The standard InChI is InChI=1S/C18H25FN2O2/c1-14(2)11-17(22)20-7-4-8-21(10-9-20)18(23)13-15-5-3-6-16(19)12-15/h3,5-6,12,14H,4,7-11,13H2,1-2H3. The summed E-state index contributed by atoms with van der Waals surface area (Å²) < 4.78 is 13.2. The Morgan fingerprint density at radius 2 is 1.74 bits per heavy atom. The molecule has 1 aromatic rings.